The number of nitro benzene ring substituents is 1. The van der Waals surface area contributed by atoms with Gasteiger partial charge in [-0.15, -0.1) is 0 Å². The van der Waals surface area contributed by atoms with Gasteiger partial charge in [-0.05, 0) is 19.4 Å². The van der Waals surface area contributed by atoms with Crippen molar-refractivity contribution in [2.45, 2.75) is 20.3 Å². The average Bonchev–Trinajstić information content (AvgIpc) is 2.43. The molecule has 0 unspecified atom stereocenters. The summed E-state index contributed by atoms with van der Waals surface area (Å²) in [6, 6.07) is 2.72. The molecule has 1 N–H and O–H groups in total. The summed E-state index contributed by atoms with van der Waals surface area (Å²) in [6.45, 7) is 4.86. The molecule has 0 saturated heterocycles. The van der Waals surface area contributed by atoms with E-state index in [0.29, 0.717) is 13.1 Å². The lowest BCUT2D eigenvalue weighted by Crippen LogP contribution is -2.26. The Hall–Kier alpha value is -1.82. The minimum Gasteiger partial charge on any atom is -0.378 e. The summed E-state index contributed by atoms with van der Waals surface area (Å²) in [7, 11) is 1.63. The molecule has 1 aromatic rings. The van der Waals surface area contributed by atoms with Crippen LogP contribution in [0.3, 0.4) is 0 Å². The molecule has 0 bridgehead atoms. The summed E-state index contributed by atoms with van der Waals surface area (Å²) < 4.78 is 0. The van der Waals surface area contributed by atoms with Gasteiger partial charge >= 0.3 is 0 Å². The normalized spacial score (nSPS) is 10.2. The highest BCUT2D eigenvalue weighted by Gasteiger charge is 2.22. The Balaban J connectivity index is 3.26. The zero-order valence-corrected chi connectivity index (χ0v) is 12.5. The molecule has 110 valence electrons. The summed E-state index contributed by atoms with van der Waals surface area (Å²) in [4.78, 5) is 24.1. The molecule has 0 heterocycles. The van der Waals surface area contributed by atoms with Crippen LogP contribution in [0.15, 0.2) is 12.1 Å². The van der Waals surface area contributed by atoms with Gasteiger partial charge in [-0.1, -0.05) is 18.5 Å². The third-order valence-electron chi connectivity index (χ3n) is 2.89. The molecule has 0 aromatic heterocycles. The Morgan fingerprint density at radius 1 is 1.45 bits per heavy atom. The number of hydrogen-bond donors (Lipinski definition) is 1. The molecule has 0 aliphatic carbocycles. The first kappa shape index (κ1) is 16.2. The van der Waals surface area contributed by atoms with Crippen molar-refractivity contribution in [3.8, 4) is 0 Å². The molecule has 6 nitrogen and oxygen atoms in total. The lowest BCUT2D eigenvalue weighted by Gasteiger charge is -2.15. The largest absolute Gasteiger partial charge is 0.378 e. The minimum absolute atomic E-state index is 0.181. The summed E-state index contributed by atoms with van der Waals surface area (Å²) in [5.41, 5.74) is 0.293. The molecule has 1 aromatic carbocycles. The molecule has 0 saturated carbocycles. The van der Waals surface area contributed by atoms with Gasteiger partial charge in [0, 0.05) is 31.8 Å². The predicted molar refractivity (Wildman–Crippen MR) is 79.5 cm³/mol. The number of amides is 1. The number of nitro groups is 1. The molecule has 0 fully saturated rings. The number of nitrogens with one attached hydrogen (secondary N) is 1. The van der Waals surface area contributed by atoms with E-state index in [1.807, 2.05) is 13.8 Å². The second kappa shape index (κ2) is 7.09. The number of halogens is 1. The fraction of sp³-hybridized carbons (Fsp3) is 0.462. The summed E-state index contributed by atoms with van der Waals surface area (Å²) in [5, 5.41) is 14.2. The number of rotatable bonds is 6. The van der Waals surface area contributed by atoms with Crippen LogP contribution in [0.4, 0.5) is 11.4 Å². The van der Waals surface area contributed by atoms with Crippen LogP contribution in [-0.2, 0) is 0 Å². The highest BCUT2D eigenvalue weighted by Crippen LogP contribution is 2.34. The van der Waals surface area contributed by atoms with Crippen molar-refractivity contribution >= 4 is 28.9 Å². The van der Waals surface area contributed by atoms with Crippen LogP contribution in [0.5, 0.6) is 0 Å². The van der Waals surface area contributed by atoms with Gasteiger partial charge in [0.1, 0.15) is 5.69 Å². The van der Waals surface area contributed by atoms with Crippen molar-refractivity contribution in [1.82, 2.24) is 4.90 Å². The zero-order chi connectivity index (χ0) is 15.3. The number of hydrogen-bond acceptors (Lipinski definition) is 4. The lowest BCUT2D eigenvalue weighted by molar-refractivity contribution is -0.384. The highest BCUT2D eigenvalue weighted by atomic mass is 35.5. The van der Waals surface area contributed by atoms with Gasteiger partial charge in [0.25, 0.3) is 11.6 Å². The van der Waals surface area contributed by atoms with E-state index in [1.54, 1.807) is 7.05 Å². The fourth-order valence-electron chi connectivity index (χ4n) is 1.65. The second-order valence-corrected chi connectivity index (χ2v) is 4.76. The Kier molecular flexibility index (Phi) is 5.76. The van der Waals surface area contributed by atoms with Gasteiger partial charge in [-0.3, -0.25) is 14.9 Å². The number of anilines is 1. The Morgan fingerprint density at radius 2 is 2.10 bits per heavy atom. The molecule has 0 aliphatic rings. The van der Waals surface area contributed by atoms with E-state index < -0.39 is 4.92 Å². The van der Waals surface area contributed by atoms with Crippen LogP contribution >= 0.6 is 11.6 Å². The van der Waals surface area contributed by atoms with E-state index in [-0.39, 0.29) is 27.9 Å². The van der Waals surface area contributed by atoms with E-state index >= 15 is 0 Å². The third-order valence-corrected chi connectivity index (χ3v) is 3.18. The van der Waals surface area contributed by atoms with E-state index in [9.17, 15) is 14.9 Å². The number of carbonyl (C=O) groups excluding carboxylic acids is 1. The first-order chi connectivity index (χ1) is 9.42. The number of carbonyl (C=O) groups is 1. The standard InChI is InChI=1S/C13H18ClN3O3/c1-4-6-15-12-10(14)7-9(8-11(12)17(19)20)13(18)16(3)5-2/h7-8,15H,4-6H2,1-3H3. The molecule has 0 atom stereocenters. The van der Waals surface area contributed by atoms with Crippen molar-refractivity contribution in [3.05, 3.63) is 32.8 Å². The molecule has 1 amide bonds. The maximum atomic E-state index is 12.1. The van der Waals surface area contributed by atoms with Gasteiger partial charge in [0.05, 0.1) is 9.95 Å². The van der Waals surface area contributed by atoms with Crippen LogP contribution in [0.2, 0.25) is 5.02 Å². The fourth-order valence-corrected chi connectivity index (χ4v) is 1.93. The maximum Gasteiger partial charge on any atom is 0.294 e. The lowest BCUT2D eigenvalue weighted by atomic mass is 10.1. The van der Waals surface area contributed by atoms with Gasteiger partial charge in [0.2, 0.25) is 0 Å². The first-order valence-electron chi connectivity index (χ1n) is 6.39. The Bertz CT molecular complexity index is 520. The number of benzene rings is 1. The third kappa shape index (κ3) is 3.60. The summed E-state index contributed by atoms with van der Waals surface area (Å²) in [5.74, 6) is -0.292. The predicted octanol–water partition coefficient (Wildman–Crippen LogP) is 3.16. The van der Waals surface area contributed by atoms with Crippen LogP contribution in [0.25, 0.3) is 0 Å². The van der Waals surface area contributed by atoms with Gasteiger partial charge < -0.3 is 10.2 Å². The van der Waals surface area contributed by atoms with Crippen molar-refractivity contribution in [2.24, 2.45) is 0 Å². The van der Waals surface area contributed by atoms with E-state index in [4.69, 9.17) is 11.6 Å². The van der Waals surface area contributed by atoms with Crippen LogP contribution in [0.1, 0.15) is 30.6 Å². The second-order valence-electron chi connectivity index (χ2n) is 4.36. The molecular weight excluding hydrogens is 282 g/mol. The quantitative estimate of drug-likeness (QED) is 0.646. The van der Waals surface area contributed by atoms with Crippen molar-refractivity contribution in [3.63, 3.8) is 0 Å². The molecule has 0 spiro atoms. The maximum absolute atomic E-state index is 12.1. The topological polar surface area (TPSA) is 75.5 Å². The molecule has 7 heteroatoms. The number of nitrogens with zero attached hydrogens (tertiary/aromatic N) is 2. The minimum atomic E-state index is -0.535. The van der Waals surface area contributed by atoms with E-state index in [2.05, 4.69) is 5.32 Å². The first-order valence-corrected chi connectivity index (χ1v) is 6.77. The molecule has 0 radical (unpaired) electrons. The zero-order valence-electron chi connectivity index (χ0n) is 11.8. The van der Waals surface area contributed by atoms with Crippen LogP contribution in [-0.4, -0.2) is 35.9 Å². The monoisotopic (exact) mass is 299 g/mol. The van der Waals surface area contributed by atoms with Gasteiger partial charge in [-0.25, -0.2) is 0 Å². The van der Waals surface area contributed by atoms with Crippen molar-refractivity contribution < 1.29 is 9.72 Å². The average molecular weight is 300 g/mol. The summed E-state index contributed by atoms with van der Waals surface area (Å²) >= 11 is 6.07. The van der Waals surface area contributed by atoms with Crippen LogP contribution < -0.4 is 5.32 Å². The Labute approximate surface area is 122 Å². The van der Waals surface area contributed by atoms with Crippen molar-refractivity contribution in [2.75, 3.05) is 25.5 Å². The highest BCUT2D eigenvalue weighted by molar-refractivity contribution is 6.34. The smallest absolute Gasteiger partial charge is 0.294 e. The summed E-state index contributed by atoms with van der Waals surface area (Å²) in [6.07, 6.45) is 0.812. The molecule has 20 heavy (non-hydrogen) atoms. The van der Waals surface area contributed by atoms with Crippen molar-refractivity contribution in [1.29, 1.82) is 0 Å². The van der Waals surface area contributed by atoms with Gasteiger partial charge in [0.15, 0.2) is 0 Å². The molecule has 1 rings (SSSR count). The van der Waals surface area contributed by atoms with Gasteiger partial charge in [-0.2, -0.15) is 0 Å². The Morgan fingerprint density at radius 3 is 2.60 bits per heavy atom. The van der Waals surface area contributed by atoms with E-state index in [1.165, 1.54) is 17.0 Å². The molecular formula is C13H18ClN3O3. The molecule has 0 aliphatic heterocycles. The van der Waals surface area contributed by atoms with E-state index in [0.717, 1.165) is 6.42 Å². The van der Waals surface area contributed by atoms with Crippen LogP contribution in [0, 0.1) is 10.1 Å². The SMILES string of the molecule is CCCNc1c(Cl)cc(C(=O)N(C)CC)cc1[N+](=O)[O-].